The van der Waals surface area contributed by atoms with Crippen LogP contribution in [-0.4, -0.2) is 30.3 Å². The van der Waals surface area contributed by atoms with E-state index in [4.69, 9.17) is 4.98 Å². The van der Waals surface area contributed by atoms with Crippen LogP contribution in [-0.2, 0) is 11.8 Å². The van der Waals surface area contributed by atoms with Gasteiger partial charge < -0.3 is 5.32 Å². The highest BCUT2D eigenvalue weighted by atomic mass is 32.2. The zero-order valence-electron chi connectivity index (χ0n) is 15.4. The quantitative estimate of drug-likeness (QED) is 0.515. The minimum absolute atomic E-state index is 0.268. The van der Waals surface area contributed by atoms with Crippen LogP contribution < -0.4 is 5.32 Å². The lowest BCUT2D eigenvalue weighted by Gasteiger charge is -2.08. The largest absolute Gasteiger partial charge is 0.323 e. The molecule has 142 valence electrons. The second kappa shape index (κ2) is 7.61. The maximum absolute atomic E-state index is 11.4. The smallest absolute Gasteiger partial charge is 0.247 e. The molecule has 3 heterocycles. The minimum Gasteiger partial charge on any atom is -0.323 e. The predicted molar refractivity (Wildman–Crippen MR) is 109 cm³/mol. The van der Waals surface area contributed by atoms with Crippen LogP contribution in [0.3, 0.4) is 0 Å². The lowest BCUT2D eigenvalue weighted by atomic mass is 10.2. The summed E-state index contributed by atoms with van der Waals surface area (Å²) in [5.74, 6) is -0.268. The average molecular weight is 401 g/mol. The molecule has 0 saturated carbocycles. The summed E-state index contributed by atoms with van der Waals surface area (Å²) in [5.41, 5.74) is 3.33. The Balaban J connectivity index is 1.73. The molecule has 0 atom stereocenters. The van der Waals surface area contributed by atoms with Gasteiger partial charge in [-0.15, -0.1) is 0 Å². The fourth-order valence-corrected chi connectivity index (χ4v) is 3.68. The van der Waals surface area contributed by atoms with E-state index in [1.807, 2.05) is 25.4 Å². The van der Waals surface area contributed by atoms with E-state index in [2.05, 4.69) is 28.2 Å². The third kappa shape index (κ3) is 3.74. The molecule has 4 aromatic rings. The van der Waals surface area contributed by atoms with Gasteiger partial charge in [0, 0.05) is 29.4 Å². The number of amides is 1. The van der Waals surface area contributed by atoms with E-state index >= 15 is 0 Å². The number of carbonyl (C=O) groups is 1. The number of anilines is 1. The van der Waals surface area contributed by atoms with Crippen LogP contribution in [0.1, 0.15) is 5.56 Å². The van der Waals surface area contributed by atoms with E-state index in [9.17, 15) is 10.1 Å². The van der Waals surface area contributed by atoms with Gasteiger partial charge in [-0.05, 0) is 30.3 Å². The third-order valence-corrected chi connectivity index (χ3v) is 5.09. The SMILES string of the molecule is C=CC(=O)Nc1ccc(Sc2nc(-c3cnn(C)c3)cn3ncc(C#N)c23)cc1. The van der Waals surface area contributed by atoms with E-state index in [1.54, 1.807) is 33.7 Å². The summed E-state index contributed by atoms with van der Waals surface area (Å²) >= 11 is 1.42. The zero-order chi connectivity index (χ0) is 20.4. The van der Waals surface area contributed by atoms with E-state index in [0.29, 0.717) is 27.5 Å². The van der Waals surface area contributed by atoms with Crippen LogP contribution >= 0.6 is 11.8 Å². The summed E-state index contributed by atoms with van der Waals surface area (Å²) in [6.45, 7) is 3.44. The summed E-state index contributed by atoms with van der Waals surface area (Å²) < 4.78 is 3.36. The van der Waals surface area contributed by atoms with Crippen molar-refractivity contribution in [2.24, 2.45) is 7.05 Å². The van der Waals surface area contributed by atoms with Gasteiger partial charge >= 0.3 is 0 Å². The van der Waals surface area contributed by atoms with Crippen molar-refractivity contribution in [3.8, 4) is 17.3 Å². The Bertz CT molecular complexity index is 1260. The molecule has 0 aliphatic heterocycles. The van der Waals surface area contributed by atoms with Gasteiger partial charge in [0.2, 0.25) is 5.91 Å². The van der Waals surface area contributed by atoms with Gasteiger partial charge in [-0.1, -0.05) is 18.3 Å². The highest BCUT2D eigenvalue weighted by molar-refractivity contribution is 7.99. The molecule has 1 aromatic carbocycles. The molecule has 0 aliphatic rings. The van der Waals surface area contributed by atoms with E-state index < -0.39 is 0 Å². The predicted octanol–water partition coefficient (Wildman–Crippen LogP) is 3.28. The molecule has 9 heteroatoms. The van der Waals surface area contributed by atoms with Crippen LogP contribution in [0.5, 0.6) is 0 Å². The maximum atomic E-state index is 11.4. The van der Waals surface area contributed by atoms with Gasteiger partial charge in [0.1, 0.15) is 22.2 Å². The first kappa shape index (κ1) is 18.5. The monoisotopic (exact) mass is 401 g/mol. The van der Waals surface area contributed by atoms with Crippen molar-refractivity contribution in [2.45, 2.75) is 9.92 Å². The van der Waals surface area contributed by atoms with Gasteiger partial charge in [0.15, 0.2) is 0 Å². The topological polar surface area (TPSA) is 101 Å². The fraction of sp³-hybridized carbons (Fsp3) is 0.0500. The molecular weight excluding hydrogens is 386 g/mol. The summed E-state index contributed by atoms with van der Waals surface area (Å²) in [6, 6.07) is 9.52. The second-order valence-electron chi connectivity index (χ2n) is 6.12. The molecular formula is C20H15N7OS. The second-order valence-corrected chi connectivity index (χ2v) is 7.18. The normalized spacial score (nSPS) is 10.6. The number of aromatic nitrogens is 5. The molecule has 29 heavy (non-hydrogen) atoms. The average Bonchev–Trinajstić information content (AvgIpc) is 3.35. The number of nitriles is 1. The Labute approximate surface area is 170 Å². The van der Waals surface area contributed by atoms with Crippen molar-refractivity contribution in [1.29, 1.82) is 5.26 Å². The summed E-state index contributed by atoms with van der Waals surface area (Å²) in [6.07, 6.45) is 8.13. The number of nitrogens with zero attached hydrogens (tertiary/aromatic N) is 6. The molecule has 3 aromatic heterocycles. The van der Waals surface area contributed by atoms with Gasteiger partial charge in [0.25, 0.3) is 0 Å². The van der Waals surface area contributed by atoms with Gasteiger partial charge in [-0.2, -0.15) is 15.5 Å². The lowest BCUT2D eigenvalue weighted by Crippen LogP contribution is -2.06. The van der Waals surface area contributed by atoms with Crippen LogP contribution in [0.4, 0.5) is 5.69 Å². The fourth-order valence-electron chi connectivity index (χ4n) is 2.74. The minimum atomic E-state index is -0.268. The standard InChI is InChI=1S/C20H15N7OS/c1-3-18(28)24-15-4-6-16(7-5-15)29-20-19-13(8-21)9-23-27(19)12-17(25-20)14-10-22-26(2)11-14/h3-7,9-12H,1H2,2H3,(H,24,28). The highest BCUT2D eigenvalue weighted by Crippen LogP contribution is 2.33. The molecule has 8 nitrogen and oxygen atoms in total. The summed E-state index contributed by atoms with van der Waals surface area (Å²) in [4.78, 5) is 17.1. The Morgan fingerprint density at radius 1 is 1.24 bits per heavy atom. The molecule has 4 rings (SSSR count). The van der Waals surface area contributed by atoms with Crippen LogP contribution in [0.2, 0.25) is 0 Å². The molecule has 0 aliphatic carbocycles. The van der Waals surface area contributed by atoms with Gasteiger partial charge in [-0.3, -0.25) is 9.48 Å². The first-order valence-electron chi connectivity index (χ1n) is 8.56. The van der Waals surface area contributed by atoms with Crippen molar-refractivity contribution >= 4 is 28.9 Å². The first-order valence-corrected chi connectivity index (χ1v) is 9.38. The van der Waals surface area contributed by atoms with E-state index in [1.165, 1.54) is 24.0 Å². The number of hydrogen-bond acceptors (Lipinski definition) is 6. The molecule has 1 N–H and O–H groups in total. The number of nitrogens with one attached hydrogen (secondary N) is 1. The van der Waals surface area contributed by atoms with Gasteiger partial charge in [-0.25, -0.2) is 9.50 Å². The zero-order valence-corrected chi connectivity index (χ0v) is 16.2. The Morgan fingerprint density at radius 3 is 2.69 bits per heavy atom. The van der Waals surface area contributed by atoms with E-state index in [0.717, 1.165) is 10.5 Å². The van der Waals surface area contributed by atoms with Crippen LogP contribution in [0.25, 0.3) is 16.8 Å². The van der Waals surface area contributed by atoms with Crippen molar-refractivity contribution < 1.29 is 4.79 Å². The van der Waals surface area contributed by atoms with E-state index in [-0.39, 0.29) is 5.91 Å². The van der Waals surface area contributed by atoms with Crippen molar-refractivity contribution in [3.05, 3.63) is 67.3 Å². The Kier molecular flexibility index (Phi) is 4.85. The third-order valence-electron chi connectivity index (χ3n) is 4.11. The van der Waals surface area contributed by atoms with Crippen molar-refractivity contribution in [1.82, 2.24) is 24.4 Å². The molecule has 1 amide bonds. The van der Waals surface area contributed by atoms with Crippen LogP contribution in [0.15, 0.2) is 71.6 Å². The number of fused-ring (bicyclic) bond motifs is 1. The number of benzene rings is 1. The molecule has 0 saturated heterocycles. The number of carbonyl (C=O) groups excluding carboxylic acids is 1. The number of rotatable bonds is 5. The maximum Gasteiger partial charge on any atom is 0.247 e. The number of aryl methyl sites for hydroxylation is 1. The Hall–Kier alpha value is -3.90. The molecule has 0 bridgehead atoms. The summed E-state index contributed by atoms with van der Waals surface area (Å²) in [7, 11) is 1.84. The van der Waals surface area contributed by atoms with Crippen LogP contribution in [0, 0.1) is 11.3 Å². The highest BCUT2D eigenvalue weighted by Gasteiger charge is 2.15. The van der Waals surface area contributed by atoms with Crippen molar-refractivity contribution in [3.63, 3.8) is 0 Å². The molecule has 0 spiro atoms. The number of hydrogen-bond donors (Lipinski definition) is 1. The Morgan fingerprint density at radius 2 is 2.03 bits per heavy atom. The molecule has 0 unspecified atom stereocenters. The first-order chi connectivity index (χ1) is 14.1. The van der Waals surface area contributed by atoms with Crippen molar-refractivity contribution in [2.75, 3.05) is 5.32 Å². The van der Waals surface area contributed by atoms with Gasteiger partial charge in [0.05, 0.1) is 24.3 Å². The summed E-state index contributed by atoms with van der Waals surface area (Å²) in [5, 5.41) is 21.3. The lowest BCUT2D eigenvalue weighted by molar-refractivity contribution is -0.111. The molecule has 0 radical (unpaired) electrons. The molecule has 0 fully saturated rings.